The highest BCUT2D eigenvalue weighted by Crippen LogP contribution is 2.28. The van der Waals surface area contributed by atoms with Crippen LogP contribution in [0.25, 0.3) is 11.4 Å². The lowest BCUT2D eigenvalue weighted by atomic mass is 10.2. The molecule has 0 bridgehead atoms. The van der Waals surface area contributed by atoms with Crippen molar-refractivity contribution >= 4 is 23.5 Å². The molecule has 34 heavy (non-hydrogen) atoms. The van der Waals surface area contributed by atoms with E-state index in [1.165, 1.54) is 11.8 Å². The number of rotatable bonds is 9. The molecule has 1 aromatic carbocycles. The van der Waals surface area contributed by atoms with Gasteiger partial charge in [0, 0.05) is 29.1 Å². The Hall–Kier alpha value is -3.85. The Bertz CT molecular complexity index is 1350. The number of hydrogen-bond donors (Lipinski definition) is 1. The highest BCUT2D eigenvalue weighted by Gasteiger charge is 2.21. The van der Waals surface area contributed by atoms with Crippen LogP contribution in [0, 0.1) is 20.8 Å². The minimum Gasteiger partial charge on any atom is -0.469 e. The average molecular weight is 476 g/mol. The average Bonchev–Trinajstić information content (AvgIpc) is 3.51. The standard InChI is InChI=1S/C25H25N5O3S/c1-5-12-29-23(20-11-13-33-18(20)4)26-27-25(29)34-15-22(31)21-14-16(2)30(17(21)3)28-24(32)19-9-7-6-8-10-19/h5-11,13-14H,1,12,15H2,2-4H3,(H,28,32). The predicted molar refractivity (Wildman–Crippen MR) is 132 cm³/mol. The van der Waals surface area contributed by atoms with Crippen LogP contribution in [-0.2, 0) is 6.54 Å². The number of aromatic nitrogens is 4. The summed E-state index contributed by atoms with van der Waals surface area (Å²) < 4.78 is 8.95. The van der Waals surface area contributed by atoms with Crippen molar-refractivity contribution in [3.63, 3.8) is 0 Å². The lowest BCUT2D eigenvalue weighted by Crippen LogP contribution is -2.25. The fourth-order valence-electron chi connectivity index (χ4n) is 3.69. The minimum absolute atomic E-state index is 0.0625. The molecule has 0 aliphatic rings. The number of ketones is 1. The summed E-state index contributed by atoms with van der Waals surface area (Å²) in [5, 5.41) is 9.22. The Morgan fingerprint density at radius 3 is 2.59 bits per heavy atom. The van der Waals surface area contributed by atoms with Crippen molar-refractivity contribution in [2.75, 3.05) is 11.2 Å². The van der Waals surface area contributed by atoms with Crippen LogP contribution >= 0.6 is 11.8 Å². The molecule has 1 N–H and O–H groups in total. The number of Topliss-reactive ketones (excluding diaryl/α,β-unsaturated/α-hetero) is 1. The summed E-state index contributed by atoms with van der Waals surface area (Å²) in [7, 11) is 0. The quantitative estimate of drug-likeness (QED) is 0.212. The number of nitrogens with one attached hydrogen (secondary N) is 1. The van der Waals surface area contributed by atoms with E-state index >= 15 is 0 Å². The molecule has 3 aromatic heterocycles. The normalized spacial score (nSPS) is 10.9. The number of carbonyl (C=O) groups is 2. The highest BCUT2D eigenvalue weighted by molar-refractivity contribution is 7.99. The second-order valence-electron chi connectivity index (χ2n) is 7.73. The van der Waals surface area contributed by atoms with Gasteiger partial charge in [0.15, 0.2) is 16.8 Å². The SMILES string of the molecule is C=CCn1c(SCC(=O)c2cc(C)n(NC(=O)c3ccccc3)c2C)nnc1-c1ccoc1C. The third-order valence-electron chi connectivity index (χ3n) is 5.44. The van der Waals surface area contributed by atoms with Crippen molar-refractivity contribution < 1.29 is 14.0 Å². The first kappa shape index (κ1) is 23.3. The summed E-state index contributed by atoms with van der Waals surface area (Å²) in [5.74, 6) is 1.29. The van der Waals surface area contributed by atoms with Gasteiger partial charge in [-0.25, -0.2) is 0 Å². The molecule has 4 rings (SSSR count). The Morgan fingerprint density at radius 2 is 1.91 bits per heavy atom. The van der Waals surface area contributed by atoms with E-state index < -0.39 is 0 Å². The topological polar surface area (TPSA) is 95.0 Å². The van der Waals surface area contributed by atoms with Crippen molar-refractivity contribution in [3.8, 4) is 11.4 Å². The summed E-state index contributed by atoms with van der Waals surface area (Å²) in [6.07, 6.45) is 3.37. The van der Waals surface area contributed by atoms with Crippen molar-refractivity contribution in [3.05, 3.63) is 89.7 Å². The Morgan fingerprint density at radius 1 is 1.15 bits per heavy atom. The van der Waals surface area contributed by atoms with E-state index in [1.54, 1.807) is 47.3 Å². The summed E-state index contributed by atoms with van der Waals surface area (Å²) in [4.78, 5) is 25.7. The van der Waals surface area contributed by atoms with Gasteiger partial charge < -0.3 is 4.42 Å². The van der Waals surface area contributed by atoms with Crippen LogP contribution in [0.1, 0.15) is 37.9 Å². The first-order chi connectivity index (χ1) is 16.4. The third-order valence-corrected chi connectivity index (χ3v) is 6.41. The van der Waals surface area contributed by atoms with E-state index in [4.69, 9.17) is 4.42 Å². The van der Waals surface area contributed by atoms with Crippen LogP contribution in [0.4, 0.5) is 0 Å². The molecule has 0 aliphatic heterocycles. The van der Waals surface area contributed by atoms with Crippen molar-refractivity contribution in [2.45, 2.75) is 32.5 Å². The molecule has 3 heterocycles. The monoisotopic (exact) mass is 475 g/mol. The number of aryl methyl sites for hydroxylation is 2. The molecule has 8 nitrogen and oxygen atoms in total. The van der Waals surface area contributed by atoms with Gasteiger partial charge in [-0.3, -0.25) is 24.3 Å². The zero-order valence-electron chi connectivity index (χ0n) is 19.2. The van der Waals surface area contributed by atoms with Gasteiger partial charge in [0.1, 0.15) is 5.76 Å². The maximum absolute atomic E-state index is 13.1. The van der Waals surface area contributed by atoms with Crippen molar-refractivity contribution in [1.29, 1.82) is 0 Å². The lowest BCUT2D eigenvalue weighted by molar-refractivity contribution is 0.0999. The molecule has 0 saturated carbocycles. The molecule has 0 aliphatic carbocycles. The molecule has 0 spiro atoms. The first-order valence-corrected chi connectivity index (χ1v) is 11.7. The molecule has 0 radical (unpaired) electrons. The number of furan rings is 1. The number of thioether (sulfide) groups is 1. The number of allylic oxidation sites excluding steroid dienone is 1. The molecule has 0 fully saturated rings. The maximum atomic E-state index is 13.1. The van der Waals surface area contributed by atoms with Gasteiger partial charge in [-0.2, -0.15) is 0 Å². The maximum Gasteiger partial charge on any atom is 0.270 e. The van der Waals surface area contributed by atoms with E-state index in [1.807, 2.05) is 37.5 Å². The molecule has 9 heteroatoms. The van der Waals surface area contributed by atoms with Gasteiger partial charge in [-0.1, -0.05) is 36.0 Å². The fourth-order valence-corrected chi connectivity index (χ4v) is 4.52. The first-order valence-electron chi connectivity index (χ1n) is 10.7. The molecular weight excluding hydrogens is 450 g/mol. The Labute approximate surface area is 201 Å². The molecule has 174 valence electrons. The number of benzene rings is 1. The highest BCUT2D eigenvalue weighted by atomic mass is 32.2. The lowest BCUT2D eigenvalue weighted by Gasteiger charge is -2.11. The van der Waals surface area contributed by atoms with Gasteiger partial charge in [0.05, 0.1) is 17.6 Å². The number of carbonyl (C=O) groups excluding carboxylic acids is 2. The second-order valence-corrected chi connectivity index (χ2v) is 8.68. The molecule has 1 amide bonds. The Balaban J connectivity index is 1.50. The zero-order valence-corrected chi connectivity index (χ0v) is 20.1. The third kappa shape index (κ3) is 4.60. The van der Waals surface area contributed by atoms with Crippen LogP contribution < -0.4 is 5.43 Å². The largest absolute Gasteiger partial charge is 0.469 e. The molecule has 0 unspecified atom stereocenters. The molecular formula is C25H25N5O3S. The molecule has 0 saturated heterocycles. The fraction of sp³-hybridized carbons (Fsp3) is 0.200. The van der Waals surface area contributed by atoms with Crippen molar-refractivity contribution in [1.82, 2.24) is 19.4 Å². The minimum atomic E-state index is -0.240. The Kier molecular flexibility index (Phi) is 6.83. The predicted octanol–water partition coefficient (Wildman–Crippen LogP) is 4.81. The number of nitrogens with zero attached hydrogens (tertiary/aromatic N) is 4. The zero-order chi connectivity index (χ0) is 24.2. The van der Waals surface area contributed by atoms with Crippen LogP contribution in [0.15, 0.2) is 71.0 Å². The van der Waals surface area contributed by atoms with Crippen LogP contribution in [0.5, 0.6) is 0 Å². The second kappa shape index (κ2) is 9.96. The smallest absolute Gasteiger partial charge is 0.270 e. The summed E-state index contributed by atoms with van der Waals surface area (Å²) in [5.41, 5.74) is 6.26. The van der Waals surface area contributed by atoms with Gasteiger partial charge in [-0.05, 0) is 45.0 Å². The van der Waals surface area contributed by atoms with E-state index in [9.17, 15) is 9.59 Å². The van der Waals surface area contributed by atoms with E-state index in [2.05, 4.69) is 22.2 Å². The van der Waals surface area contributed by atoms with Gasteiger partial charge in [0.25, 0.3) is 5.91 Å². The molecule has 0 atom stereocenters. The van der Waals surface area contributed by atoms with Crippen LogP contribution in [0.2, 0.25) is 0 Å². The van der Waals surface area contributed by atoms with Gasteiger partial charge >= 0.3 is 0 Å². The van der Waals surface area contributed by atoms with Crippen molar-refractivity contribution in [2.24, 2.45) is 0 Å². The summed E-state index contributed by atoms with van der Waals surface area (Å²) in [6.45, 7) is 9.86. The summed E-state index contributed by atoms with van der Waals surface area (Å²) in [6, 6.07) is 12.6. The number of hydrogen-bond acceptors (Lipinski definition) is 6. The van der Waals surface area contributed by atoms with E-state index in [0.29, 0.717) is 34.3 Å². The van der Waals surface area contributed by atoms with Gasteiger partial charge in [-0.15, -0.1) is 16.8 Å². The van der Waals surface area contributed by atoms with Gasteiger partial charge in [0.2, 0.25) is 0 Å². The van der Waals surface area contributed by atoms with Crippen LogP contribution in [-0.4, -0.2) is 36.9 Å². The number of amides is 1. The van der Waals surface area contributed by atoms with E-state index in [-0.39, 0.29) is 17.4 Å². The van der Waals surface area contributed by atoms with Crippen LogP contribution in [0.3, 0.4) is 0 Å². The summed E-state index contributed by atoms with van der Waals surface area (Å²) >= 11 is 1.31. The molecule has 4 aromatic rings. The van der Waals surface area contributed by atoms with E-state index in [0.717, 1.165) is 17.0 Å².